The Morgan fingerprint density at radius 3 is 2.40 bits per heavy atom. The Labute approximate surface area is 260 Å². The van der Waals surface area contributed by atoms with Crippen LogP contribution in [0, 0.1) is 18.8 Å². The first-order valence-electron chi connectivity index (χ1n) is 15.4. The van der Waals surface area contributed by atoms with Gasteiger partial charge in [0.1, 0.15) is 6.10 Å². The Bertz CT molecular complexity index is 1240. The van der Waals surface area contributed by atoms with E-state index in [0.717, 1.165) is 36.3 Å². The quantitative estimate of drug-likeness (QED) is 0.239. The Kier molecular flexibility index (Phi) is 11.7. The molecule has 2 amide bonds. The first-order chi connectivity index (χ1) is 20.6. The van der Waals surface area contributed by atoms with Gasteiger partial charge in [-0.2, -0.15) is 0 Å². The summed E-state index contributed by atoms with van der Waals surface area (Å²) >= 11 is 1.59. The molecule has 1 heterocycles. The molecule has 234 valence electrons. The molecule has 2 aliphatic rings. The summed E-state index contributed by atoms with van der Waals surface area (Å²) in [5.41, 5.74) is 0.684. The number of nitrogens with zero attached hydrogens (tertiary/aromatic N) is 1. The molecule has 2 aromatic rings. The molecule has 2 aromatic carbocycles. The van der Waals surface area contributed by atoms with Gasteiger partial charge in [0, 0.05) is 36.2 Å². The van der Waals surface area contributed by atoms with Crippen molar-refractivity contribution in [2.24, 2.45) is 11.8 Å². The van der Waals surface area contributed by atoms with Crippen LogP contribution in [0.3, 0.4) is 0 Å². The molecule has 9 heteroatoms. The van der Waals surface area contributed by atoms with E-state index in [0.29, 0.717) is 29.7 Å². The highest BCUT2D eigenvalue weighted by atomic mass is 32.2. The number of rotatable bonds is 12. The van der Waals surface area contributed by atoms with Gasteiger partial charge in [0.15, 0.2) is 0 Å². The number of amides is 2. The summed E-state index contributed by atoms with van der Waals surface area (Å²) in [4.78, 5) is 42.9. The van der Waals surface area contributed by atoms with Gasteiger partial charge in [0.05, 0.1) is 24.2 Å². The molecule has 1 saturated heterocycles. The van der Waals surface area contributed by atoms with E-state index >= 15 is 0 Å². The highest BCUT2D eigenvalue weighted by Crippen LogP contribution is 2.39. The maximum atomic E-state index is 13.7. The lowest BCUT2D eigenvalue weighted by atomic mass is 9.72. The van der Waals surface area contributed by atoms with Crippen LogP contribution in [0.4, 0.5) is 0 Å². The van der Waals surface area contributed by atoms with Crippen molar-refractivity contribution >= 4 is 29.5 Å². The number of thioether (sulfide) groups is 1. The Morgan fingerprint density at radius 1 is 1.05 bits per heavy atom. The fourth-order valence-electron chi connectivity index (χ4n) is 6.34. The number of hydrogen-bond acceptors (Lipinski definition) is 7. The van der Waals surface area contributed by atoms with Crippen LogP contribution >= 0.6 is 11.8 Å². The van der Waals surface area contributed by atoms with Crippen molar-refractivity contribution < 1.29 is 24.2 Å². The zero-order valence-electron chi connectivity index (χ0n) is 25.9. The Balaban J connectivity index is 1.62. The third kappa shape index (κ3) is 9.30. The normalized spacial score (nSPS) is 22.1. The number of carbonyl (C=O) groups is 3. The number of nitrogens with one attached hydrogen (secondary N) is 2. The third-order valence-corrected chi connectivity index (χ3v) is 9.85. The molecule has 0 bridgehead atoms. The smallest absolute Gasteiger partial charge is 0.303 e. The minimum absolute atomic E-state index is 0.121. The second-order valence-electron chi connectivity index (χ2n) is 12.7. The number of likely N-dealkylation sites (tertiary alicyclic amines) is 1. The lowest BCUT2D eigenvalue weighted by Gasteiger charge is -2.47. The van der Waals surface area contributed by atoms with E-state index in [1.54, 1.807) is 31.7 Å². The summed E-state index contributed by atoms with van der Waals surface area (Å²) < 4.78 is 5.98. The maximum absolute atomic E-state index is 13.7. The highest BCUT2D eigenvalue weighted by molar-refractivity contribution is 7.99. The first-order valence-corrected chi connectivity index (χ1v) is 16.4. The summed E-state index contributed by atoms with van der Waals surface area (Å²) in [6, 6.07) is 16.4. The standard InChI is InChI=1S/C34H47N3O5S/c1-23-12-8-11-17-28(23)32(40)35-29(21-43-27-15-6-5-7-16-27)31(42-24(2)39)20-37-19-26-14-10-9-13-25(26)18-30(37)33(41)36-34(3,4)22-38/h5-8,11-12,15-17,25-26,29-31,38H,9-10,13-14,18-22H2,1-4H3,(H,35,40)(H,36,41). The van der Waals surface area contributed by atoms with Crippen LogP contribution in [0.15, 0.2) is 59.5 Å². The van der Waals surface area contributed by atoms with Gasteiger partial charge in [-0.05, 0) is 69.2 Å². The topological polar surface area (TPSA) is 108 Å². The van der Waals surface area contributed by atoms with Crippen LogP contribution in [0.5, 0.6) is 0 Å². The minimum atomic E-state index is -0.752. The molecule has 1 saturated carbocycles. The van der Waals surface area contributed by atoms with Crippen molar-refractivity contribution in [3.05, 3.63) is 65.7 Å². The number of hydrogen-bond donors (Lipinski definition) is 3. The van der Waals surface area contributed by atoms with Crippen LogP contribution in [0.1, 0.15) is 68.8 Å². The van der Waals surface area contributed by atoms with Crippen molar-refractivity contribution in [2.45, 2.75) is 88.4 Å². The van der Waals surface area contributed by atoms with Gasteiger partial charge in [-0.3, -0.25) is 19.3 Å². The van der Waals surface area contributed by atoms with Gasteiger partial charge in [0.25, 0.3) is 5.91 Å². The molecule has 3 N–H and O–H groups in total. The van der Waals surface area contributed by atoms with E-state index in [2.05, 4.69) is 15.5 Å². The van der Waals surface area contributed by atoms with Crippen molar-refractivity contribution in [3.63, 3.8) is 0 Å². The van der Waals surface area contributed by atoms with Crippen molar-refractivity contribution in [1.29, 1.82) is 0 Å². The van der Waals surface area contributed by atoms with E-state index in [9.17, 15) is 19.5 Å². The number of esters is 1. The molecule has 0 spiro atoms. The molecule has 0 aromatic heterocycles. The number of aliphatic hydroxyl groups excluding tert-OH is 1. The zero-order chi connectivity index (χ0) is 31.0. The number of aryl methyl sites for hydroxylation is 1. The Morgan fingerprint density at radius 2 is 1.72 bits per heavy atom. The summed E-state index contributed by atoms with van der Waals surface area (Å²) in [5.74, 6) is 0.645. The monoisotopic (exact) mass is 609 g/mol. The van der Waals surface area contributed by atoms with E-state index in [-0.39, 0.29) is 18.4 Å². The fourth-order valence-corrected chi connectivity index (χ4v) is 7.36. The largest absolute Gasteiger partial charge is 0.459 e. The summed E-state index contributed by atoms with van der Waals surface area (Å²) in [7, 11) is 0. The number of carbonyl (C=O) groups excluding carboxylic acids is 3. The molecule has 43 heavy (non-hydrogen) atoms. The van der Waals surface area contributed by atoms with E-state index < -0.39 is 29.7 Å². The van der Waals surface area contributed by atoms with Gasteiger partial charge in [-0.25, -0.2) is 0 Å². The first kappa shape index (κ1) is 33.0. The SMILES string of the molecule is CC(=O)OC(CN1CC2CCCCC2CC1C(=O)NC(C)(C)CO)C(CSc1ccccc1)NC(=O)c1ccccc1C. The fraction of sp³-hybridized carbons (Fsp3) is 0.559. The van der Waals surface area contributed by atoms with Crippen LogP contribution in [-0.2, 0) is 14.3 Å². The number of aliphatic hydroxyl groups is 1. The minimum Gasteiger partial charge on any atom is -0.459 e. The molecule has 8 nitrogen and oxygen atoms in total. The van der Waals surface area contributed by atoms with Crippen LogP contribution in [0.25, 0.3) is 0 Å². The number of fused-ring (bicyclic) bond motifs is 1. The molecular formula is C34H47N3O5S. The lowest BCUT2D eigenvalue weighted by molar-refractivity contribution is -0.150. The van der Waals surface area contributed by atoms with Crippen LogP contribution in [0.2, 0.25) is 0 Å². The van der Waals surface area contributed by atoms with Gasteiger partial charge < -0.3 is 20.5 Å². The van der Waals surface area contributed by atoms with Crippen molar-refractivity contribution in [3.8, 4) is 0 Å². The molecule has 1 aliphatic carbocycles. The van der Waals surface area contributed by atoms with E-state index in [1.807, 2.05) is 55.5 Å². The van der Waals surface area contributed by atoms with Crippen LogP contribution in [-0.4, -0.2) is 77.0 Å². The number of ether oxygens (including phenoxy) is 1. The summed E-state index contributed by atoms with van der Waals surface area (Å²) in [5, 5.41) is 16.1. The van der Waals surface area contributed by atoms with Gasteiger partial charge in [-0.1, -0.05) is 55.7 Å². The van der Waals surface area contributed by atoms with E-state index in [4.69, 9.17) is 4.74 Å². The second kappa shape index (κ2) is 15.2. The third-order valence-electron chi connectivity index (χ3n) is 8.72. The van der Waals surface area contributed by atoms with Gasteiger partial charge in [0.2, 0.25) is 5.91 Å². The second-order valence-corrected chi connectivity index (χ2v) is 13.8. The molecular weight excluding hydrogens is 562 g/mol. The predicted molar refractivity (Wildman–Crippen MR) is 170 cm³/mol. The van der Waals surface area contributed by atoms with Crippen molar-refractivity contribution in [2.75, 3.05) is 25.4 Å². The average Bonchev–Trinajstić information content (AvgIpc) is 2.98. The number of benzene rings is 2. The summed E-state index contributed by atoms with van der Waals surface area (Å²) in [6.07, 6.45) is 4.64. The zero-order valence-corrected chi connectivity index (χ0v) is 26.7. The molecule has 2 fully saturated rings. The Hall–Kier alpha value is -2.88. The molecule has 5 unspecified atom stereocenters. The molecule has 0 radical (unpaired) electrons. The maximum Gasteiger partial charge on any atom is 0.303 e. The molecule has 5 atom stereocenters. The van der Waals surface area contributed by atoms with Crippen molar-refractivity contribution in [1.82, 2.24) is 15.5 Å². The highest BCUT2D eigenvalue weighted by Gasteiger charge is 2.43. The van der Waals surface area contributed by atoms with Gasteiger partial charge >= 0.3 is 5.97 Å². The molecule has 4 rings (SSSR count). The predicted octanol–water partition coefficient (Wildman–Crippen LogP) is 4.59. The van der Waals surface area contributed by atoms with E-state index in [1.165, 1.54) is 19.8 Å². The summed E-state index contributed by atoms with van der Waals surface area (Å²) in [6.45, 7) is 7.77. The number of piperidine rings is 1. The average molecular weight is 610 g/mol. The van der Waals surface area contributed by atoms with Gasteiger partial charge in [-0.15, -0.1) is 11.8 Å². The lowest BCUT2D eigenvalue weighted by Crippen LogP contribution is -2.61. The molecule has 1 aliphatic heterocycles. The van der Waals surface area contributed by atoms with Crippen LogP contribution < -0.4 is 10.6 Å².